The Labute approximate surface area is 120 Å². The molecule has 0 spiro atoms. The Kier molecular flexibility index (Phi) is 5.47. The highest BCUT2D eigenvalue weighted by Gasteiger charge is 2.28. The second-order valence-electron chi connectivity index (χ2n) is 4.51. The fraction of sp³-hybridized carbons (Fsp3) is 0.462. The molecule has 0 saturated heterocycles. The lowest BCUT2D eigenvalue weighted by Gasteiger charge is -2.28. The van der Waals surface area contributed by atoms with E-state index >= 15 is 0 Å². The number of ether oxygens (including phenoxy) is 1. The van der Waals surface area contributed by atoms with Crippen molar-refractivity contribution in [2.45, 2.75) is 32.2 Å². The number of hydrogen-bond acceptors (Lipinski definition) is 4. The normalized spacial score (nSPS) is 13.5. The second-order valence-corrected chi connectivity index (χ2v) is 5.43. The Morgan fingerprint density at radius 3 is 2.68 bits per heavy atom. The molecule has 0 radical (unpaired) electrons. The zero-order valence-corrected chi connectivity index (χ0v) is 12.8. The third-order valence-corrected chi connectivity index (χ3v) is 3.36. The maximum Gasteiger partial charge on any atom is 0.307 e. The SMILES string of the molecule is CC[C@](C)(CC(=O)OC)NC(=O)c1cncc(Br)c1. The highest BCUT2D eigenvalue weighted by molar-refractivity contribution is 9.10. The third-order valence-electron chi connectivity index (χ3n) is 2.92. The maximum atomic E-state index is 12.1. The van der Waals surface area contributed by atoms with E-state index in [9.17, 15) is 9.59 Å². The molecule has 5 nitrogen and oxygen atoms in total. The summed E-state index contributed by atoms with van der Waals surface area (Å²) in [6.45, 7) is 3.72. The molecular formula is C13H17BrN2O3. The van der Waals surface area contributed by atoms with Gasteiger partial charge < -0.3 is 10.1 Å². The lowest BCUT2D eigenvalue weighted by Crippen LogP contribution is -2.47. The van der Waals surface area contributed by atoms with Crippen molar-refractivity contribution < 1.29 is 14.3 Å². The molecular weight excluding hydrogens is 312 g/mol. The molecule has 1 heterocycles. The van der Waals surface area contributed by atoms with Gasteiger partial charge in [-0.2, -0.15) is 0 Å². The predicted octanol–water partition coefficient (Wildman–Crippen LogP) is 2.31. The van der Waals surface area contributed by atoms with Crippen molar-refractivity contribution in [3.05, 3.63) is 28.5 Å². The molecule has 104 valence electrons. The number of nitrogens with zero attached hydrogens (tertiary/aromatic N) is 1. The van der Waals surface area contributed by atoms with Crippen LogP contribution in [0.1, 0.15) is 37.0 Å². The van der Waals surface area contributed by atoms with E-state index in [1.54, 1.807) is 12.3 Å². The first kappa shape index (κ1) is 15.6. The predicted molar refractivity (Wildman–Crippen MR) is 74.7 cm³/mol. The summed E-state index contributed by atoms with van der Waals surface area (Å²) in [6, 6.07) is 1.68. The van der Waals surface area contributed by atoms with Gasteiger partial charge in [-0.1, -0.05) is 6.92 Å². The number of methoxy groups -OCH3 is 1. The van der Waals surface area contributed by atoms with Crippen LogP contribution in [-0.2, 0) is 9.53 Å². The monoisotopic (exact) mass is 328 g/mol. The molecule has 1 amide bonds. The van der Waals surface area contributed by atoms with Crippen molar-refractivity contribution in [1.29, 1.82) is 0 Å². The van der Waals surface area contributed by atoms with Gasteiger partial charge in [-0.15, -0.1) is 0 Å². The fourth-order valence-electron chi connectivity index (χ4n) is 1.53. The third kappa shape index (κ3) is 4.63. The maximum absolute atomic E-state index is 12.1. The fourth-order valence-corrected chi connectivity index (χ4v) is 1.90. The Balaban J connectivity index is 2.80. The zero-order valence-electron chi connectivity index (χ0n) is 11.2. The van der Waals surface area contributed by atoms with E-state index in [2.05, 4.69) is 31.0 Å². The Bertz CT molecular complexity index is 479. The van der Waals surface area contributed by atoms with Crippen LogP contribution in [0.5, 0.6) is 0 Å². The van der Waals surface area contributed by atoms with Gasteiger partial charge in [0.05, 0.1) is 19.1 Å². The molecule has 6 heteroatoms. The number of pyridine rings is 1. The van der Waals surface area contributed by atoms with E-state index in [4.69, 9.17) is 0 Å². The summed E-state index contributed by atoms with van der Waals surface area (Å²) >= 11 is 3.26. The van der Waals surface area contributed by atoms with Crippen molar-refractivity contribution in [3.8, 4) is 0 Å². The van der Waals surface area contributed by atoms with Crippen LogP contribution in [0, 0.1) is 0 Å². The number of halogens is 1. The van der Waals surface area contributed by atoms with Crippen LogP contribution >= 0.6 is 15.9 Å². The topological polar surface area (TPSA) is 68.3 Å². The van der Waals surface area contributed by atoms with E-state index in [1.165, 1.54) is 13.3 Å². The van der Waals surface area contributed by atoms with Gasteiger partial charge in [0.2, 0.25) is 0 Å². The molecule has 1 atom stereocenters. The van der Waals surface area contributed by atoms with Gasteiger partial charge >= 0.3 is 5.97 Å². The van der Waals surface area contributed by atoms with Gasteiger partial charge in [0.15, 0.2) is 0 Å². The molecule has 0 unspecified atom stereocenters. The summed E-state index contributed by atoms with van der Waals surface area (Å²) in [4.78, 5) is 27.4. The minimum atomic E-state index is -0.632. The summed E-state index contributed by atoms with van der Waals surface area (Å²) < 4.78 is 5.37. The second kappa shape index (κ2) is 6.65. The molecule has 0 aliphatic heterocycles. The molecule has 1 aromatic rings. The number of carbonyl (C=O) groups excluding carboxylic acids is 2. The number of esters is 1. The van der Waals surface area contributed by atoms with E-state index in [0.29, 0.717) is 12.0 Å². The first-order valence-corrected chi connectivity index (χ1v) is 6.69. The van der Waals surface area contributed by atoms with Crippen molar-refractivity contribution in [1.82, 2.24) is 10.3 Å². The number of hydrogen-bond donors (Lipinski definition) is 1. The van der Waals surface area contributed by atoms with Gasteiger partial charge in [0, 0.05) is 22.4 Å². The van der Waals surface area contributed by atoms with Crippen molar-refractivity contribution in [2.24, 2.45) is 0 Å². The van der Waals surface area contributed by atoms with Crippen molar-refractivity contribution >= 4 is 27.8 Å². The van der Waals surface area contributed by atoms with Gasteiger partial charge in [0.25, 0.3) is 5.91 Å². The van der Waals surface area contributed by atoms with Crippen LogP contribution in [-0.4, -0.2) is 29.5 Å². The van der Waals surface area contributed by atoms with Gasteiger partial charge in [-0.25, -0.2) is 0 Å². The molecule has 19 heavy (non-hydrogen) atoms. The van der Waals surface area contributed by atoms with Gasteiger partial charge in [0.1, 0.15) is 0 Å². The summed E-state index contributed by atoms with van der Waals surface area (Å²) in [5.74, 6) is -0.612. The molecule has 1 rings (SSSR count). The number of carbonyl (C=O) groups is 2. The number of amides is 1. The summed E-state index contributed by atoms with van der Waals surface area (Å²) in [7, 11) is 1.33. The smallest absolute Gasteiger partial charge is 0.307 e. The highest BCUT2D eigenvalue weighted by atomic mass is 79.9. The lowest BCUT2D eigenvalue weighted by atomic mass is 9.94. The molecule has 0 aliphatic rings. The van der Waals surface area contributed by atoms with Crippen LogP contribution in [0.4, 0.5) is 0 Å². The Hall–Kier alpha value is -1.43. The average Bonchev–Trinajstić information content (AvgIpc) is 2.38. The quantitative estimate of drug-likeness (QED) is 0.842. The molecule has 0 fully saturated rings. The molecule has 0 aromatic carbocycles. The number of aromatic nitrogens is 1. The minimum absolute atomic E-state index is 0.132. The minimum Gasteiger partial charge on any atom is -0.469 e. The number of rotatable bonds is 5. The van der Waals surface area contributed by atoms with E-state index in [1.807, 2.05) is 13.8 Å². The van der Waals surface area contributed by atoms with Crippen LogP contribution in [0.15, 0.2) is 22.9 Å². The van der Waals surface area contributed by atoms with Crippen LogP contribution < -0.4 is 5.32 Å². The summed E-state index contributed by atoms with van der Waals surface area (Å²) in [5, 5.41) is 2.85. The zero-order chi connectivity index (χ0) is 14.5. The summed E-state index contributed by atoms with van der Waals surface area (Å²) in [5.41, 5.74) is -0.189. The Morgan fingerprint density at radius 1 is 1.47 bits per heavy atom. The highest BCUT2D eigenvalue weighted by Crippen LogP contribution is 2.17. The largest absolute Gasteiger partial charge is 0.469 e. The molecule has 0 saturated carbocycles. The first-order chi connectivity index (χ1) is 8.90. The first-order valence-electron chi connectivity index (χ1n) is 5.90. The Morgan fingerprint density at radius 2 is 2.16 bits per heavy atom. The van der Waals surface area contributed by atoms with Crippen molar-refractivity contribution in [3.63, 3.8) is 0 Å². The molecule has 0 aliphatic carbocycles. The molecule has 0 bridgehead atoms. The molecule has 1 N–H and O–H groups in total. The van der Waals surface area contributed by atoms with E-state index in [-0.39, 0.29) is 18.3 Å². The lowest BCUT2D eigenvalue weighted by molar-refractivity contribution is -0.142. The average molecular weight is 329 g/mol. The summed E-state index contributed by atoms with van der Waals surface area (Å²) in [6.07, 6.45) is 3.83. The molecule has 1 aromatic heterocycles. The van der Waals surface area contributed by atoms with Crippen LogP contribution in [0.3, 0.4) is 0 Å². The van der Waals surface area contributed by atoms with Gasteiger partial charge in [-0.05, 0) is 35.3 Å². The van der Waals surface area contributed by atoms with Crippen LogP contribution in [0.2, 0.25) is 0 Å². The van der Waals surface area contributed by atoms with Crippen LogP contribution in [0.25, 0.3) is 0 Å². The number of nitrogens with one attached hydrogen (secondary N) is 1. The van der Waals surface area contributed by atoms with Gasteiger partial charge in [-0.3, -0.25) is 14.6 Å². The van der Waals surface area contributed by atoms with E-state index < -0.39 is 5.54 Å². The van der Waals surface area contributed by atoms with E-state index in [0.717, 1.165) is 4.47 Å². The van der Waals surface area contributed by atoms with Crippen molar-refractivity contribution in [2.75, 3.05) is 7.11 Å². The standard InChI is InChI=1S/C13H17BrN2O3/c1-4-13(2,6-11(17)19-3)16-12(18)9-5-10(14)8-15-7-9/h5,7-8H,4,6H2,1-3H3,(H,16,18)/t13-/m1/s1.